The van der Waals surface area contributed by atoms with E-state index in [0.717, 1.165) is 16.5 Å². The molecular formula is C24H24O7. The van der Waals surface area contributed by atoms with Gasteiger partial charge in [-0.25, -0.2) is 9.59 Å². The Morgan fingerprint density at radius 1 is 0.903 bits per heavy atom. The van der Waals surface area contributed by atoms with Gasteiger partial charge in [-0.05, 0) is 49.2 Å². The minimum Gasteiger partial charge on any atom is -0.496 e. The first-order valence-electron chi connectivity index (χ1n) is 9.55. The Balaban J connectivity index is 1.80. The second-order valence-corrected chi connectivity index (χ2v) is 6.91. The highest BCUT2D eigenvalue weighted by atomic mass is 16.5. The van der Waals surface area contributed by atoms with E-state index in [0.29, 0.717) is 34.0 Å². The fourth-order valence-electron chi connectivity index (χ4n) is 3.14. The van der Waals surface area contributed by atoms with E-state index in [-0.39, 0.29) is 6.61 Å². The second-order valence-electron chi connectivity index (χ2n) is 6.91. The zero-order chi connectivity index (χ0) is 22.5. The number of carbonyl (C=O) groups is 1. The van der Waals surface area contributed by atoms with Crippen LogP contribution in [0.2, 0.25) is 0 Å². The van der Waals surface area contributed by atoms with Crippen molar-refractivity contribution < 1.29 is 28.2 Å². The van der Waals surface area contributed by atoms with Crippen LogP contribution in [0, 0.1) is 13.8 Å². The van der Waals surface area contributed by atoms with E-state index in [9.17, 15) is 9.59 Å². The molecule has 0 unspecified atom stereocenters. The molecule has 0 spiro atoms. The first-order valence-corrected chi connectivity index (χ1v) is 9.55. The number of ether oxygens (including phenoxy) is 4. The van der Waals surface area contributed by atoms with Crippen LogP contribution in [0.3, 0.4) is 0 Å². The lowest BCUT2D eigenvalue weighted by molar-refractivity contribution is -0.138. The standard InChI is InChI=1S/C24H24O7/c1-14-8-18-17(11-24(26)31-20(18)9-15(14)2)13-30-23(25)7-6-16-10-21(28-4)22(29-5)12-19(16)27-3/h6-12H,13H2,1-5H3/b7-6+. The molecule has 0 saturated heterocycles. The Kier molecular flexibility index (Phi) is 6.65. The van der Waals surface area contributed by atoms with Gasteiger partial charge in [-0.15, -0.1) is 0 Å². The normalized spacial score (nSPS) is 11.0. The molecule has 3 aromatic rings. The maximum atomic E-state index is 12.3. The van der Waals surface area contributed by atoms with Gasteiger partial charge in [0.2, 0.25) is 0 Å². The Hall–Kier alpha value is -3.74. The van der Waals surface area contributed by atoms with Crippen LogP contribution >= 0.6 is 0 Å². The Bertz CT molecular complexity index is 1200. The SMILES string of the molecule is COc1cc(OC)c(OC)cc1/C=C/C(=O)OCc1cc(=O)oc2cc(C)c(C)cc12. The summed E-state index contributed by atoms with van der Waals surface area (Å²) in [6.07, 6.45) is 2.85. The average molecular weight is 424 g/mol. The highest BCUT2D eigenvalue weighted by molar-refractivity contribution is 5.88. The van der Waals surface area contributed by atoms with Gasteiger partial charge >= 0.3 is 11.6 Å². The van der Waals surface area contributed by atoms with Crippen molar-refractivity contribution in [3.8, 4) is 17.2 Å². The summed E-state index contributed by atoms with van der Waals surface area (Å²) >= 11 is 0. The van der Waals surface area contributed by atoms with Crippen LogP contribution < -0.4 is 19.8 Å². The predicted octanol–water partition coefficient (Wildman–Crippen LogP) is 4.19. The molecule has 0 bridgehead atoms. The number of methoxy groups -OCH3 is 3. The van der Waals surface area contributed by atoms with Crippen LogP contribution in [0.5, 0.6) is 17.2 Å². The monoisotopic (exact) mass is 424 g/mol. The van der Waals surface area contributed by atoms with Crippen molar-refractivity contribution in [2.75, 3.05) is 21.3 Å². The van der Waals surface area contributed by atoms with Gasteiger partial charge < -0.3 is 23.4 Å². The Labute approximate surface area is 179 Å². The molecule has 0 aliphatic carbocycles. The van der Waals surface area contributed by atoms with E-state index in [1.807, 2.05) is 19.9 Å². The molecule has 0 amide bonds. The van der Waals surface area contributed by atoms with Gasteiger partial charge in [-0.2, -0.15) is 0 Å². The molecule has 0 aliphatic rings. The minimum atomic E-state index is -0.568. The molecule has 2 aromatic carbocycles. The van der Waals surface area contributed by atoms with Crippen molar-refractivity contribution in [3.63, 3.8) is 0 Å². The van der Waals surface area contributed by atoms with E-state index in [1.54, 1.807) is 24.3 Å². The molecule has 162 valence electrons. The van der Waals surface area contributed by atoms with Gasteiger partial charge in [0.15, 0.2) is 11.5 Å². The van der Waals surface area contributed by atoms with Gasteiger partial charge in [0, 0.05) is 34.7 Å². The molecule has 7 nitrogen and oxygen atoms in total. The zero-order valence-electron chi connectivity index (χ0n) is 18.1. The average Bonchev–Trinajstić information content (AvgIpc) is 2.76. The molecule has 0 N–H and O–H groups in total. The minimum absolute atomic E-state index is 0.0587. The number of hydrogen-bond acceptors (Lipinski definition) is 7. The molecule has 0 saturated carbocycles. The van der Waals surface area contributed by atoms with Gasteiger partial charge in [0.05, 0.1) is 21.3 Å². The number of benzene rings is 2. The summed E-state index contributed by atoms with van der Waals surface area (Å²) in [4.78, 5) is 24.2. The number of fused-ring (bicyclic) bond motifs is 1. The summed E-state index contributed by atoms with van der Waals surface area (Å²) < 4.78 is 26.5. The van der Waals surface area contributed by atoms with Gasteiger partial charge in [-0.3, -0.25) is 0 Å². The molecule has 0 atom stereocenters. The van der Waals surface area contributed by atoms with Gasteiger partial charge in [-0.1, -0.05) is 0 Å². The highest BCUT2D eigenvalue weighted by Crippen LogP contribution is 2.35. The molecule has 0 fully saturated rings. The Morgan fingerprint density at radius 2 is 1.55 bits per heavy atom. The van der Waals surface area contributed by atoms with Crippen LogP contribution in [0.1, 0.15) is 22.3 Å². The molecular weight excluding hydrogens is 400 g/mol. The van der Waals surface area contributed by atoms with Crippen LogP contribution in [0.25, 0.3) is 17.0 Å². The van der Waals surface area contributed by atoms with Crippen molar-refractivity contribution in [1.29, 1.82) is 0 Å². The number of hydrogen-bond donors (Lipinski definition) is 0. The summed E-state index contributed by atoms with van der Waals surface area (Å²) in [5, 5.41) is 0.737. The molecule has 1 aromatic heterocycles. The maximum Gasteiger partial charge on any atom is 0.336 e. The van der Waals surface area contributed by atoms with Crippen molar-refractivity contribution in [1.82, 2.24) is 0 Å². The first kappa shape index (κ1) is 22.0. The number of rotatable bonds is 7. The maximum absolute atomic E-state index is 12.3. The third-order valence-electron chi connectivity index (χ3n) is 4.95. The molecule has 0 aliphatic heterocycles. The third-order valence-corrected chi connectivity index (χ3v) is 4.95. The van der Waals surface area contributed by atoms with E-state index in [2.05, 4.69) is 0 Å². The lowest BCUT2D eigenvalue weighted by atomic mass is 10.0. The van der Waals surface area contributed by atoms with Crippen molar-refractivity contribution in [2.24, 2.45) is 0 Å². The summed E-state index contributed by atoms with van der Waals surface area (Å²) in [5.74, 6) is 0.963. The fourth-order valence-corrected chi connectivity index (χ4v) is 3.14. The topological polar surface area (TPSA) is 84.2 Å². The third kappa shape index (κ3) is 4.88. The Morgan fingerprint density at radius 3 is 2.23 bits per heavy atom. The first-order chi connectivity index (χ1) is 14.9. The molecule has 7 heteroatoms. The summed E-state index contributed by atoms with van der Waals surface area (Å²) in [6.45, 7) is 3.85. The quantitative estimate of drug-likeness (QED) is 0.319. The van der Waals surface area contributed by atoms with Crippen molar-refractivity contribution >= 4 is 23.0 Å². The van der Waals surface area contributed by atoms with E-state index >= 15 is 0 Å². The molecule has 31 heavy (non-hydrogen) atoms. The summed E-state index contributed by atoms with van der Waals surface area (Å²) in [5.41, 5.74) is 3.24. The van der Waals surface area contributed by atoms with Crippen molar-refractivity contribution in [2.45, 2.75) is 20.5 Å². The number of esters is 1. The smallest absolute Gasteiger partial charge is 0.336 e. The van der Waals surface area contributed by atoms with Gasteiger partial charge in [0.25, 0.3) is 0 Å². The van der Waals surface area contributed by atoms with E-state index in [4.69, 9.17) is 23.4 Å². The summed E-state index contributed by atoms with van der Waals surface area (Å²) in [7, 11) is 4.57. The number of aryl methyl sites for hydroxylation is 2. The molecule has 1 heterocycles. The largest absolute Gasteiger partial charge is 0.496 e. The lowest BCUT2D eigenvalue weighted by Gasteiger charge is -2.12. The van der Waals surface area contributed by atoms with Crippen LogP contribution in [-0.4, -0.2) is 27.3 Å². The van der Waals surface area contributed by atoms with Crippen LogP contribution in [0.15, 0.2) is 45.6 Å². The van der Waals surface area contributed by atoms with Crippen LogP contribution in [0.4, 0.5) is 0 Å². The fraction of sp³-hybridized carbons (Fsp3) is 0.250. The van der Waals surface area contributed by atoms with E-state index < -0.39 is 11.6 Å². The van der Waals surface area contributed by atoms with E-state index in [1.165, 1.54) is 33.5 Å². The van der Waals surface area contributed by atoms with Crippen molar-refractivity contribution in [3.05, 3.63) is 69.1 Å². The molecule has 0 radical (unpaired) electrons. The highest BCUT2D eigenvalue weighted by Gasteiger charge is 2.12. The predicted molar refractivity (Wildman–Crippen MR) is 117 cm³/mol. The van der Waals surface area contributed by atoms with Crippen LogP contribution in [-0.2, 0) is 16.1 Å². The molecule has 3 rings (SSSR count). The lowest BCUT2D eigenvalue weighted by Crippen LogP contribution is -2.06. The second kappa shape index (κ2) is 9.38. The van der Waals surface area contributed by atoms with Gasteiger partial charge in [0.1, 0.15) is 17.9 Å². The summed E-state index contributed by atoms with van der Waals surface area (Å²) in [6, 6.07) is 8.43. The number of carbonyl (C=O) groups excluding carboxylic acids is 1. The zero-order valence-corrected chi connectivity index (χ0v) is 18.1.